The first-order valence-corrected chi connectivity index (χ1v) is 4.61. The molecule has 1 unspecified atom stereocenters. The molecule has 1 atom stereocenters. The van der Waals surface area contributed by atoms with Crippen LogP contribution in [0.2, 0.25) is 0 Å². The van der Waals surface area contributed by atoms with Crippen molar-refractivity contribution in [1.82, 2.24) is 9.88 Å². The highest BCUT2D eigenvalue weighted by molar-refractivity contribution is 5.76. The largest absolute Gasteiger partial charge is 0.448 e. The van der Waals surface area contributed by atoms with Crippen LogP contribution in [0.25, 0.3) is 5.76 Å². The molecule has 1 aromatic heterocycles. The van der Waals surface area contributed by atoms with Gasteiger partial charge in [0.2, 0.25) is 0 Å². The minimum Gasteiger partial charge on any atom is -0.409 e. The molecular formula is C9H8N4O4. The number of nitrogens with zero attached hydrogens (tertiary/aromatic N) is 3. The third-order valence-electron chi connectivity index (χ3n) is 2.08. The Morgan fingerprint density at radius 3 is 2.82 bits per heavy atom. The Bertz CT molecular complexity index is 487. The Labute approximate surface area is 95.4 Å². The summed E-state index contributed by atoms with van der Waals surface area (Å²) < 4.78 is 5.01. The number of urea groups is 1. The average molecular weight is 236 g/mol. The topological polar surface area (TPSA) is 112 Å². The molecule has 0 saturated heterocycles. The summed E-state index contributed by atoms with van der Waals surface area (Å²) >= 11 is 0. The van der Waals surface area contributed by atoms with E-state index in [0.29, 0.717) is 10.6 Å². The van der Waals surface area contributed by atoms with Crippen LogP contribution in [0.5, 0.6) is 0 Å². The van der Waals surface area contributed by atoms with Crippen LogP contribution in [0.3, 0.4) is 0 Å². The van der Waals surface area contributed by atoms with E-state index in [1.807, 2.05) is 0 Å². The molecule has 0 bridgehead atoms. The van der Waals surface area contributed by atoms with Crippen LogP contribution in [0, 0.1) is 10.1 Å². The Morgan fingerprint density at radius 2 is 2.35 bits per heavy atom. The lowest BCUT2D eigenvalue weighted by atomic mass is 10.3. The summed E-state index contributed by atoms with van der Waals surface area (Å²) in [6.07, 6.45) is 1.04. The molecule has 0 radical (unpaired) electrons. The molecule has 0 saturated carbocycles. The zero-order chi connectivity index (χ0) is 12.4. The highest BCUT2D eigenvalue weighted by Crippen LogP contribution is 2.25. The van der Waals surface area contributed by atoms with E-state index in [2.05, 4.69) is 4.98 Å². The SMILES string of the molecule is NC(=O)N1C=C(c2ccccn2)OC1[N+](=O)[O-]. The smallest absolute Gasteiger partial charge is 0.409 e. The van der Waals surface area contributed by atoms with Crippen molar-refractivity contribution < 1.29 is 14.5 Å². The normalized spacial score (nSPS) is 18.5. The second kappa shape index (κ2) is 4.08. The van der Waals surface area contributed by atoms with E-state index in [9.17, 15) is 14.9 Å². The summed E-state index contributed by atoms with van der Waals surface area (Å²) in [4.78, 5) is 25.6. The Hall–Kier alpha value is -2.64. The van der Waals surface area contributed by atoms with Gasteiger partial charge in [0.1, 0.15) is 5.69 Å². The van der Waals surface area contributed by atoms with Crippen molar-refractivity contribution in [2.45, 2.75) is 6.35 Å². The monoisotopic (exact) mass is 236 g/mol. The third kappa shape index (κ3) is 2.00. The average Bonchev–Trinajstić information content (AvgIpc) is 2.75. The number of hydrogen-bond donors (Lipinski definition) is 1. The number of hydrogen-bond acceptors (Lipinski definition) is 5. The molecule has 1 aliphatic heterocycles. The minimum atomic E-state index is -1.63. The fourth-order valence-electron chi connectivity index (χ4n) is 1.34. The van der Waals surface area contributed by atoms with E-state index >= 15 is 0 Å². The Kier molecular flexibility index (Phi) is 2.61. The van der Waals surface area contributed by atoms with Crippen molar-refractivity contribution in [2.24, 2.45) is 5.73 Å². The maximum absolute atomic E-state index is 11.0. The standard InChI is InChI=1S/C9H8N4O4/c10-8(14)12-5-7(17-9(12)13(15)16)6-3-1-2-4-11-6/h1-5,9H,(H2,10,14). The first-order valence-electron chi connectivity index (χ1n) is 4.61. The Morgan fingerprint density at radius 1 is 1.59 bits per heavy atom. The van der Waals surface area contributed by atoms with Gasteiger partial charge in [-0.3, -0.25) is 15.1 Å². The summed E-state index contributed by atoms with van der Waals surface area (Å²) in [5, 5.41) is 10.7. The van der Waals surface area contributed by atoms with E-state index in [4.69, 9.17) is 10.5 Å². The zero-order valence-corrected chi connectivity index (χ0v) is 8.52. The number of ether oxygens (including phenoxy) is 1. The van der Waals surface area contributed by atoms with Gasteiger partial charge in [0.25, 0.3) is 0 Å². The number of rotatable bonds is 2. The molecule has 2 rings (SSSR count). The van der Waals surface area contributed by atoms with Gasteiger partial charge in [0.05, 0.1) is 11.1 Å². The number of primary amides is 1. The number of pyridine rings is 1. The Balaban J connectivity index is 2.31. The molecule has 2 N–H and O–H groups in total. The van der Waals surface area contributed by atoms with Gasteiger partial charge < -0.3 is 10.5 Å². The summed E-state index contributed by atoms with van der Waals surface area (Å²) in [6, 6.07) is 4.03. The molecule has 0 aliphatic carbocycles. The van der Waals surface area contributed by atoms with Crippen molar-refractivity contribution in [2.75, 3.05) is 0 Å². The van der Waals surface area contributed by atoms with Gasteiger partial charge in [-0.2, -0.15) is 4.90 Å². The minimum absolute atomic E-state index is 0.131. The summed E-state index contributed by atoms with van der Waals surface area (Å²) in [5.41, 5.74) is 5.40. The maximum Gasteiger partial charge on any atom is 0.448 e. The van der Waals surface area contributed by atoms with E-state index in [-0.39, 0.29) is 5.76 Å². The first kappa shape index (κ1) is 10.9. The first-order chi connectivity index (χ1) is 8.09. The number of aromatic nitrogens is 1. The van der Waals surface area contributed by atoms with Gasteiger partial charge >= 0.3 is 12.4 Å². The second-order valence-corrected chi connectivity index (χ2v) is 3.18. The summed E-state index contributed by atoms with van der Waals surface area (Å²) in [7, 11) is 0. The number of amides is 2. The lowest BCUT2D eigenvalue weighted by Crippen LogP contribution is -2.42. The van der Waals surface area contributed by atoms with Gasteiger partial charge in [-0.05, 0) is 12.1 Å². The van der Waals surface area contributed by atoms with Crippen molar-refractivity contribution in [3.63, 3.8) is 0 Å². The predicted molar refractivity (Wildman–Crippen MR) is 55.5 cm³/mol. The molecule has 0 spiro atoms. The molecule has 2 amide bonds. The highest BCUT2D eigenvalue weighted by Gasteiger charge is 2.39. The van der Waals surface area contributed by atoms with Gasteiger partial charge in [-0.1, -0.05) is 6.07 Å². The maximum atomic E-state index is 11.0. The molecule has 1 aliphatic rings. The van der Waals surface area contributed by atoms with Gasteiger partial charge in [0.15, 0.2) is 5.76 Å². The van der Waals surface area contributed by atoms with Crippen LogP contribution >= 0.6 is 0 Å². The van der Waals surface area contributed by atoms with Crippen molar-refractivity contribution in [3.8, 4) is 0 Å². The quantitative estimate of drug-likeness (QED) is 0.588. The third-order valence-corrected chi connectivity index (χ3v) is 2.08. The van der Waals surface area contributed by atoms with Gasteiger partial charge in [0, 0.05) is 6.20 Å². The van der Waals surface area contributed by atoms with Crippen LogP contribution in [0.4, 0.5) is 4.79 Å². The van der Waals surface area contributed by atoms with Gasteiger partial charge in [-0.25, -0.2) is 4.79 Å². The zero-order valence-electron chi connectivity index (χ0n) is 8.52. The van der Waals surface area contributed by atoms with Crippen LogP contribution in [0.1, 0.15) is 5.69 Å². The van der Waals surface area contributed by atoms with Crippen molar-refractivity contribution >= 4 is 11.8 Å². The van der Waals surface area contributed by atoms with E-state index in [0.717, 1.165) is 6.20 Å². The highest BCUT2D eigenvalue weighted by atomic mass is 16.7. The number of nitro groups is 1. The van der Waals surface area contributed by atoms with Crippen LogP contribution < -0.4 is 5.73 Å². The summed E-state index contributed by atoms with van der Waals surface area (Å²) in [6.45, 7) is 0. The predicted octanol–water partition coefficient (Wildman–Crippen LogP) is 0.351. The molecule has 0 fully saturated rings. The van der Waals surface area contributed by atoms with Crippen LogP contribution in [-0.4, -0.2) is 27.2 Å². The molecule has 0 aromatic carbocycles. The molecular weight excluding hydrogens is 228 g/mol. The van der Waals surface area contributed by atoms with E-state index in [1.54, 1.807) is 18.2 Å². The fourth-order valence-corrected chi connectivity index (χ4v) is 1.34. The van der Waals surface area contributed by atoms with Gasteiger partial charge in [-0.15, -0.1) is 0 Å². The molecule has 2 heterocycles. The number of carbonyl (C=O) groups is 1. The lowest BCUT2D eigenvalue weighted by Gasteiger charge is -2.11. The molecule has 88 valence electrons. The molecule has 17 heavy (non-hydrogen) atoms. The fraction of sp³-hybridized carbons (Fsp3) is 0.111. The molecule has 1 aromatic rings. The van der Waals surface area contributed by atoms with Crippen molar-refractivity contribution in [1.29, 1.82) is 0 Å². The lowest BCUT2D eigenvalue weighted by molar-refractivity contribution is -0.585. The van der Waals surface area contributed by atoms with E-state index < -0.39 is 17.3 Å². The van der Waals surface area contributed by atoms with Crippen LogP contribution in [0.15, 0.2) is 30.6 Å². The summed E-state index contributed by atoms with van der Waals surface area (Å²) in [5.74, 6) is 0.131. The second-order valence-electron chi connectivity index (χ2n) is 3.18. The molecule has 8 heteroatoms. The van der Waals surface area contributed by atoms with Crippen molar-refractivity contribution in [3.05, 3.63) is 46.4 Å². The number of nitrogens with two attached hydrogens (primary N) is 1. The molecule has 8 nitrogen and oxygen atoms in total. The number of carbonyl (C=O) groups excluding carboxylic acids is 1. The van der Waals surface area contributed by atoms with Crippen LogP contribution in [-0.2, 0) is 4.74 Å². The van der Waals surface area contributed by atoms with E-state index in [1.165, 1.54) is 6.20 Å².